The van der Waals surface area contributed by atoms with Crippen LogP contribution in [0, 0.1) is 0 Å². The summed E-state index contributed by atoms with van der Waals surface area (Å²) in [7, 11) is 6.16. The number of anilines is 1. The summed E-state index contributed by atoms with van der Waals surface area (Å²) in [6.07, 6.45) is 3.04. The Balaban J connectivity index is 1.45. The third-order valence-corrected chi connectivity index (χ3v) is 6.83. The molecule has 0 saturated heterocycles. The molecule has 2 aromatic carbocycles. The Kier molecular flexibility index (Phi) is 6.62. The van der Waals surface area contributed by atoms with Crippen LogP contribution in [0.4, 0.5) is 5.69 Å². The number of aromatic carboxylic acids is 1. The van der Waals surface area contributed by atoms with E-state index in [1.54, 1.807) is 24.3 Å². The van der Waals surface area contributed by atoms with Crippen molar-refractivity contribution in [3.63, 3.8) is 0 Å². The van der Waals surface area contributed by atoms with Crippen molar-refractivity contribution in [1.29, 1.82) is 0 Å². The summed E-state index contributed by atoms with van der Waals surface area (Å²) in [5.41, 5.74) is 1.94. The molecule has 0 unspecified atom stereocenters. The largest absolute Gasteiger partial charge is 0.508 e. The van der Waals surface area contributed by atoms with E-state index in [-0.39, 0.29) is 22.2 Å². The highest BCUT2D eigenvalue weighted by Crippen LogP contribution is 2.42. The van der Waals surface area contributed by atoms with Gasteiger partial charge >= 0.3 is 5.97 Å². The van der Waals surface area contributed by atoms with E-state index in [2.05, 4.69) is 16.0 Å². The van der Waals surface area contributed by atoms with Gasteiger partial charge in [0.25, 0.3) is 0 Å². The molecule has 5 N–H and O–H groups in total. The highest BCUT2D eigenvalue weighted by Gasteiger charge is 2.29. The second-order valence-corrected chi connectivity index (χ2v) is 9.61. The minimum atomic E-state index is -1.13. The summed E-state index contributed by atoms with van der Waals surface area (Å²) in [6, 6.07) is 13.9. The maximum Gasteiger partial charge on any atom is 0.336 e. The predicted octanol–water partition coefficient (Wildman–Crippen LogP) is 3.89. The van der Waals surface area contributed by atoms with Crippen LogP contribution in [0.15, 0.2) is 63.8 Å². The molecule has 0 amide bonds. The topological polar surface area (TPSA) is 124 Å². The Hall–Kier alpha value is -3.89. The van der Waals surface area contributed by atoms with Gasteiger partial charge < -0.3 is 30.6 Å². The minimum absolute atomic E-state index is 0.0108. The van der Waals surface area contributed by atoms with Crippen molar-refractivity contribution in [2.24, 2.45) is 0 Å². The minimum Gasteiger partial charge on any atom is -0.508 e. The van der Waals surface area contributed by atoms with Crippen LogP contribution in [0.2, 0.25) is 0 Å². The van der Waals surface area contributed by atoms with Crippen LogP contribution in [0.25, 0.3) is 33.4 Å². The van der Waals surface area contributed by atoms with Gasteiger partial charge in [0.15, 0.2) is 10.5 Å². The smallest absolute Gasteiger partial charge is 0.336 e. The molecule has 0 aromatic heterocycles. The van der Waals surface area contributed by atoms with Crippen LogP contribution in [0.5, 0.6) is 5.75 Å². The molecule has 1 heterocycles. The zero-order valence-corrected chi connectivity index (χ0v) is 20.7. The van der Waals surface area contributed by atoms with Crippen molar-refractivity contribution < 1.29 is 19.4 Å². The summed E-state index contributed by atoms with van der Waals surface area (Å²) < 4.78 is 5.87. The molecule has 2 aliphatic carbocycles. The Bertz CT molecular complexity index is 1550. The van der Waals surface area contributed by atoms with Crippen molar-refractivity contribution in [2.45, 2.75) is 24.7 Å². The molecule has 0 spiro atoms. The van der Waals surface area contributed by atoms with Gasteiger partial charge in [0.1, 0.15) is 17.1 Å². The fourth-order valence-corrected chi connectivity index (χ4v) is 4.78. The number of phenols is 1. The molecule has 37 heavy (non-hydrogen) atoms. The summed E-state index contributed by atoms with van der Waals surface area (Å²) in [6.45, 7) is 1.21. The lowest BCUT2D eigenvalue weighted by molar-refractivity contribution is 0.0697. The van der Waals surface area contributed by atoms with Crippen LogP contribution >= 0.6 is 12.2 Å². The Morgan fingerprint density at radius 1 is 1.05 bits per heavy atom. The fourth-order valence-electron chi connectivity index (χ4n) is 4.56. The molecule has 1 saturated carbocycles. The van der Waals surface area contributed by atoms with Gasteiger partial charge in [0, 0.05) is 47.4 Å². The van der Waals surface area contributed by atoms with Crippen molar-refractivity contribution in [3.8, 4) is 28.2 Å². The number of benzene rings is 3. The van der Waals surface area contributed by atoms with Crippen molar-refractivity contribution in [1.82, 2.24) is 10.6 Å². The first-order chi connectivity index (χ1) is 17.7. The van der Waals surface area contributed by atoms with Crippen LogP contribution in [0.3, 0.4) is 0 Å². The van der Waals surface area contributed by atoms with Crippen LogP contribution in [-0.4, -0.2) is 47.7 Å². The van der Waals surface area contributed by atoms with E-state index in [0.29, 0.717) is 57.3 Å². The van der Waals surface area contributed by atoms with Crippen molar-refractivity contribution in [3.05, 3.63) is 70.4 Å². The number of fused-ring (bicyclic) bond motifs is 2. The number of phenolic OH excluding ortho intramolecular Hbond substituents is 1. The van der Waals surface area contributed by atoms with Gasteiger partial charge in [-0.2, -0.15) is 0 Å². The molecule has 5 rings (SSSR count). The van der Waals surface area contributed by atoms with Crippen LogP contribution in [-0.2, 0) is 0 Å². The lowest BCUT2D eigenvalue weighted by atomic mass is 9.62. The highest BCUT2D eigenvalue weighted by atomic mass is 32.1. The molecular formula is C27H24BN3O5S. The number of carboxylic acids is 1. The van der Waals surface area contributed by atoms with Crippen molar-refractivity contribution in [2.75, 3.05) is 18.4 Å². The van der Waals surface area contributed by atoms with E-state index < -0.39 is 5.97 Å². The summed E-state index contributed by atoms with van der Waals surface area (Å²) in [5, 5.41) is 30.4. The second kappa shape index (κ2) is 9.87. The van der Waals surface area contributed by atoms with Crippen LogP contribution in [0.1, 0.15) is 29.6 Å². The molecule has 1 fully saturated rings. The first kappa shape index (κ1) is 24.8. The van der Waals surface area contributed by atoms with E-state index in [1.807, 2.05) is 0 Å². The summed E-state index contributed by atoms with van der Waals surface area (Å²) >= 11 is 5.38. The number of hydrogen-bond donors (Lipinski definition) is 5. The zero-order valence-electron chi connectivity index (χ0n) is 19.8. The number of aromatic hydroxyl groups is 1. The molecule has 3 aliphatic rings. The molecule has 10 heteroatoms. The molecule has 2 radical (unpaired) electrons. The standard InChI is InChI=1S/C27H24BN3O5S/c28-27(8-1-9-27)30-11-10-29-26(37)31-15-2-5-18(21(12-15)25(34)35)24-19-6-3-16(32)13-22(19)36-23-14-17(33)4-7-20(23)24/h2-7,12-14,30,32H,1,8-11H2,(H,34,35)(H2,29,31,37). The number of thiocarbonyl (C=S) groups is 1. The number of nitrogens with one attached hydrogen (secondary N) is 3. The maximum absolute atomic E-state index is 12.3. The zero-order chi connectivity index (χ0) is 26.2. The first-order valence-corrected chi connectivity index (χ1v) is 12.3. The van der Waals surface area contributed by atoms with E-state index in [1.165, 1.54) is 30.3 Å². The number of carbonyl (C=O) groups is 1. The van der Waals surface area contributed by atoms with E-state index in [4.69, 9.17) is 24.5 Å². The van der Waals surface area contributed by atoms with Gasteiger partial charge in [-0.1, -0.05) is 12.5 Å². The molecule has 2 aromatic rings. The Labute approximate surface area is 219 Å². The highest BCUT2D eigenvalue weighted by molar-refractivity contribution is 7.80. The van der Waals surface area contributed by atoms with Gasteiger partial charge in [-0.15, -0.1) is 0 Å². The summed E-state index contributed by atoms with van der Waals surface area (Å²) in [4.78, 5) is 24.3. The second-order valence-electron chi connectivity index (χ2n) is 9.20. The maximum atomic E-state index is 12.3. The normalized spacial score (nSPS) is 14.3. The average Bonchev–Trinajstić information content (AvgIpc) is 2.84. The molecule has 0 atom stereocenters. The molecular weight excluding hydrogens is 489 g/mol. The van der Waals surface area contributed by atoms with Gasteiger partial charge in [0.05, 0.1) is 13.4 Å². The number of hydrogen-bond acceptors (Lipinski definition) is 6. The van der Waals surface area contributed by atoms with E-state index in [9.17, 15) is 19.8 Å². The van der Waals surface area contributed by atoms with Gasteiger partial charge in [-0.05, 0) is 72.5 Å². The third kappa shape index (κ3) is 5.16. The lowest BCUT2D eigenvalue weighted by Gasteiger charge is -2.40. The van der Waals surface area contributed by atoms with Crippen molar-refractivity contribution >= 4 is 47.8 Å². The predicted molar refractivity (Wildman–Crippen MR) is 148 cm³/mol. The summed E-state index contributed by atoms with van der Waals surface area (Å²) in [5.74, 6) is -0.848. The van der Waals surface area contributed by atoms with E-state index >= 15 is 0 Å². The molecule has 0 bridgehead atoms. The van der Waals surface area contributed by atoms with Gasteiger partial charge in [0.2, 0.25) is 0 Å². The lowest BCUT2D eigenvalue weighted by Crippen LogP contribution is -2.53. The number of carboxylic acid groups (broad SMARTS) is 1. The SMILES string of the molecule is [B]C1(NCCNC(=S)Nc2ccc(-c3c4ccc(=O)cc-4oc4cc(O)ccc34)c(C(=O)O)c2)CCC1. The molecule has 186 valence electrons. The first-order valence-electron chi connectivity index (χ1n) is 11.9. The fraction of sp³-hybridized carbons (Fsp3) is 0.222. The monoisotopic (exact) mass is 513 g/mol. The Morgan fingerprint density at radius 2 is 1.84 bits per heavy atom. The van der Waals surface area contributed by atoms with Gasteiger partial charge in [-0.3, -0.25) is 4.79 Å². The number of rotatable bonds is 7. The molecule has 8 nitrogen and oxygen atoms in total. The quantitative estimate of drug-likeness (QED) is 0.108. The average molecular weight is 513 g/mol. The Morgan fingerprint density at radius 3 is 2.57 bits per heavy atom. The third-order valence-electron chi connectivity index (χ3n) is 6.59. The van der Waals surface area contributed by atoms with Gasteiger partial charge in [-0.25, -0.2) is 4.79 Å². The van der Waals surface area contributed by atoms with E-state index in [0.717, 1.165) is 19.3 Å². The molecule has 1 aliphatic heterocycles. The van der Waals surface area contributed by atoms with Crippen LogP contribution < -0.4 is 21.4 Å².